The molecule has 1 unspecified atom stereocenters. The van der Waals surface area contributed by atoms with Crippen LogP contribution >= 0.6 is 0 Å². The Balaban J connectivity index is 1.71. The molecule has 0 saturated heterocycles. The fraction of sp³-hybridized carbons (Fsp3) is 0.273. The quantitative estimate of drug-likeness (QED) is 0.401. The lowest BCUT2D eigenvalue weighted by atomic mass is 9.92. The van der Waals surface area contributed by atoms with Gasteiger partial charge in [-0.2, -0.15) is 5.10 Å². The van der Waals surface area contributed by atoms with Crippen molar-refractivity contribution in [1.29, 1.82) is 0 Å². The molecule has 29 heavy (non-hydrogen) atoms. The number of hydrogen-bond acceptors (Lipinski definition) is 7. The Bertz CT molecular complexity index is 1190. The number of fused-ring (bicyclic) bond motifs is 1. The van der Waals surface area contributed by atoms with Gasteiger partial charge in [0.1, 0.15) is 11.3 Å². The van der Waals surface area contributed by atoms with E-state index in [4.69, 9.17) is 15.9 Å². The molecule has 0 radical (unpaired) electrons. The number of aromatic hydroxyl groups is 1. The standard InChI is InChI=1S/C22H24N4O3/c1-10-8-17-19(11(2)12(3)22(28)29-17)20(27)18(10)16-9-15(25-26-16)13-4-6-14(7-5-13)21(23)24/h4-8,15,21,25,27H,9,23-24H2,1-3H3. The average Bonchev–Trinajstić information content (AvgIpc) is 3.15. The lowest BCUT2D eigenvalue weighted by Crippen LogP contribution is -2.20. The number of nitrogens with two attached hydrogens (primary N) is 2. The molecule has 0 saturated carbocycles. The van der Waals surface area contributed by atoms with Crippen LogP contribution in [0.4, 0.5) is 0 Å². The van der Waals surface area contributed by atoms with Gasteiger partial charge in [0.15, 0.2) is 0 Å². The maximum atomic E-state index is 12.0. The van der Waals surface area contributed by atoms with Crippen molar-refractivity contribution < 1.29 is 9.52 Å². The molecule has 0 spiro atoms. The van der Waals surface area contributed by atoms with E-state index in [1.165, 1.54) is 0 Å². The van der Waals surface area contributed by atoms with Gasteiger partial charge >= 0.3 is 5.63 Å². The number of phenolic OH excluding ortho intramolecular Hbond substituents is 1. The second kappa shape index (κ2) is 7.02. The lowest BCUT2D eigenvalue weighted by molar-refractivity contribution is 0.476. The Morgan fingerprint density at radius 2 is 1.86 bits per heavy atom. The van der Waals surface area contributed by atoms with E-state index in [-0.39, 0.29) is 17.4 Å². The van der Waals surface area contributed by atoms with Crippen molar-refractivity contribution in [2.45, 2.75) is 39.4 Å². The summed E-state index contributed by atoms with van der Waals surface area (Å²) < 4.78 is 5.38. The van der Waals surface area contributed by atoms with Gasteiger partial charge in [-0.25, -0.2) is 4.79 Å². The van der Waals surface area contributed by atoms with Crippen molar-refractivity contribution in [3.8, 4) is 5.75 Å². The number of benzene rings is 2. The second-order valence-corrected chi connectivity index (χ2v) is 7.57. The summed E-state index contributed by atoms with van der Waals surface area (Å²) in [4.78, 5) is 12.0. The first-order valence-electron chi connectivity index (χ1n) is 9.48. The van der Waals surface area contributed by atoms with Crippen LogP contribution in [0, 0.1) is 20.8 Å². The Kier molecular flexibility index (Phi) is 4.64. The van der Waals surface area contributed by atoms with Crippen LogP contribution in [-0.2, 0) is 0 Å². The van der Waals surface area contributed by atoms with E-state index in [0.717, 1.165) is 22.4 Å². The largest absolute Gasteiger partial charge is 0.506 e. The van der Waals surface area contributed by atoms with E-state index in [9.17, 15) is 9.90 Å². The zero-order valence-corrected chi connectivity index (χ0v) is 16.6. The van der Waals surface area contributed by atoms with Gasteiger partial charge in [-0.05, 0) is 49.1 Å². The van der Waals surface area contributed by atoms with Gasteiger partial charge in [0.2, 0.25) is 0 Å². The molecule has 0 aliphatic carbocycles. The highest BCUT2D eigenvalue weighted by molar-refractivity contribution is 6.09. The smallest absolute Gasteiger partial charge is 0.339 e. The molecule has 1 aliphatic rings. The molecule has 150 valence electrons. The minimum Gasteiger partial charge on any atom is -0.506 e. The van der Waals surface area contributed by atoms with Crippen molar-refractivity contribution in [2.24, 2.45) is 16.6 Å². The SMILES string of the molecule is Cc1cc2oc(=O)c(C)c(C)c2c(O)c1C1=NNC(c2ccc(C(N)N)cc2)C1. The monoisotopic (exact) mass is 392 g/mol. The van der Waals surface area contributed by atoms with Crippen LogP contribution in [0.3, 0.4) is 0 Å². The zero-order chi connectivity index (χ0) is 20.9. The van der Waals surface area contributed by atoms with Gasteiger partial charge in [0.25, 0.3) is 0 Å². The predicted octanol–water partition coefficient (Wildman–Crippen LogP) is 2.78. The fourth-order valence-electron chi connectivity index (χ4n) is 3.83. The van der Waals surface area contributed by atoms with Crippen molar-refractivity contribution in [2.75, 3.05) is 0 Å². The summed E-state index contributed by atoms with van der Waals surface area (Å²) in [6.07, 6.45) is 0.110. The molecule has 3 aromatic rings. The molecule has 7 heteroatoms. The van der Waals surface area contributed by atoms with Crippen LogP contribution < -0.4 is 22.5 Å². The number of rotatable bonds is 3. The first-order chi connectivity index (χ1) is 13.8. The van der Waals surface area contributed by atoms with Gasteiger partial charge < -0.3 is 26.4 Å². The van der Waals surface area contributed by atoms with Crippen molar-refractivity contribution >= 4 is 16.7 Å². The lowest BCUT2D eigenvalue weighted by Gasteiger charge is -2.14. The maximum Gasteiger partial charge on any atom is 0.339 e. The molecule has 1 atom stereocenters. The summed E-state index contributed by atoms with van der Waals surface area (Å²) >= 11 is 0. The predicted molar refractivity (Wildman–Crippen MR) is 113 cm³/mol. The van der Waals surface area contributed by atoms with Crippen LogP contribution in [0.1, 0.15) is 52.0 Å². The Labute approximate surface area is 168 Å². The topological polar surface area (TPSA) is 127 Å². The molecule has 7 nitrogen and oxygen atoms in total. The highest BCUT2D eigenvalue weighted by atomic mass is 16.4. The van der Waals surface area contributed by atoms with Crippen LogP contribution in [0.25, 0.3) is 11.0 Å². The van der Waals surface area contributed by atoms with E-state index in [0.29, 0.717) is 34.1 Å². The summed E-state index contributed by atoms with van der Waals surface area (Å²) in [5, 5.41) is 16.1. The molecule has 6 N–H and O–H groups in total. The normalized spacial score (nSPS) is 16.3. The summed E-state index contributed by atoms with van der Waals surface area (Å²) in [5.74, 6) is 0.0926. The molecule has 0 fully saturated rings. The third-order valence-corrected chi connectivity index (χ3v) is 5.67. The second-order valence-electron chi connectivity index (χ2n) is 7.57. The minimum atomic E-state index is -0.503. The number of hydrogen-bond donors (Lipinski definition) is 4. The number of hydrazone groups is 1. The Morgan fingerprint density at radius 1 is 1.17 bits per heavy atom. The van der Waals surface area contributed by atoms with E-state index in [1.807, 2.05) is 38.1 Å². The fourth-order valence-corrected chi connectivity index (χ4v) is 3.83. The van der Waals surface area contributed by atoms with Crippen LogP contribution in [0.5, 0.6) is 5.75 Å². The Hall–Kier alpha value is -3.16. The van der Waals surface area contributed by atoms with Gasteiger partial charge in [-0.1, -0.05) is 24.3 Å². The van der Waals surface area contributed by atoms with Gasteiger partial charge in [-0.15, -0.1) is 0 Å². The summed E-state index contributed by atoms with van der Waals surface area (Å²) in [7, 11) is 0. The highest BCUT2D eigenvalue weighted by Crippen LogP contribution is 2.37. The minimum absolute atomic E-state index is 0.0147. The van der Waals surface area contributed by atoms with Gasteiger partial charge in [-0.3, -0.25) is 0 Å². The molecular weight excluding hydrogens is 368 g/mol. The highest BCUT2D eigenvalue weighted by Gasteiger charge is 2.26. The third kappa shape index (κ3) is 3.18. The molecular formula is C22H24N4O3. The van der Waals surface area contributed by atoms with E-state index >= 15 is 0 Å². The zero-order valence-electron chi connectivity index (χ0n) is 16.6. The molecule has 0 amide bonds. The van der Waals surface area contributed by atoms with Crippen molar-refractivity contribution in [3.05, 3.63) is 74.1 Å². The van der Waals surface area contributed by atoms with Crippen molar-refractivity contribution in [1.82, 2.24) is 5.43 Å². The van der Waals surface area contributed by atoms with Crippen LogP contribution in [-0.4, -0.2) is 10.8 Å². The average molecular weight is 392 g/mol. The number of nitrogens with zero attached hydrogens (tertiary/aromatic N) is 1. The number of aryl methyl sites for hydroxylation is 2. The summed E-state index contributed by atoms with van der Waals surface area (Å²) in [6, 6.07) is 9.55. The van der Waals surface area contributed by atoms with Crippen LogP contribution in [0.2, 0.25) is 0 Å². The first-order valence-corrected chi connectivity index (χ1v) is 9.48. The van der Waals surface area contributed by atoms with Crippen LogP contribution in [0.15, 0.2) is 44.6 Å². The third-order valence-electron chi connectivity index (χ3n) is 5.67. The number of nitrogens with one attached hydrogen (secondary N) is 1. The van der Waals surface area contributed by atoms with Gasteiger partial charge in [0.05, 0.1) is 23.3 Å². The number of phenols is 1. The van der Waals surface area contributed by atoms with Gasteiger partial charge in [0, 0.05) is 17.5 Å². The molecule has 4 rings (SSSR count). The maximum absolute atomic E-state index is 12.0. The molecule has 0 bridgehead atoms. The van der Waals surface area contributed by atoms with E-state index in [2.05, 4.69) is 10.5 Å². The van der Waals surface area contributed by atoms with E-state index < -0.39 is 6.17 Å². The molecule has 2 aromatic carbocycles. The molecule has 2 heterocycles. The van der Waals surface area contributed by atoms with E-state index in [1.54, 1.807) is 13.0 Å². The molecule has 1 aromatic heterocycles. The molecule has 1 aliphatic heterocycles. The summed E-state index contributed by atoms with van der Waals surface area (Å²) in [5.41, 5.74) is 19.9. The Morgan fingerprint density at radius 3 is 2.52 bits per heavy atom. The summed E-state index contributed by atoms with van der Waals surface area (Å²) in [6.45, 7) is 5.38. The first kappa shape index (κ1) is 19.2. The van der Waals surface area contributed by atoms with Crippen molar-refractivity contribution in [3.63, 3.8) is 0 Å².